The number of carbonyl (C=O) groups excluding carboxylic acids is 1. The normalized spacial score (nSPS) is 12.8. The van der Waals surface area contributed by atoms with Crippen molar-refractivity contribution in [3.8, 4) is 6.07 Å². The first kappa shape index (κ1) is 13.7. The van der Waals surface area contributed by atoms with Gasteiger partial charge < -0.3 is 9.64 Å². The highest BCUT2D eigenvalue weighted by Crippen LogP contribution is 2.12. The van der Waals surface area contributed by atoms with E-state index < -0.39 is 24.4 Å². The molecule has 0 saturated heterocycles. The van der Waals surface area contributed by atoms with Gasteiger partial charge in [0.25, 0.3) is 0 Å². The predicted octanol–water partition coefficient (Wildman–Crippen LogP) is 2.11. The van der Waals surface area contributed by atoms with Crippen LogP contribution >= 0.6 is 0 Å². The highest BCUT2D eigenvalue weighted by atomic mass is 19.1. The fourth-order valence-corrected chi connectivity index (χ4v) is 0.883. The second kappa shape index (κ2) is 5.54. The fraction of sp³-hybridized carbons (Fsp3) is 0.800. The van der Waals surface area contributed by atoms with Crippen molar-refractivity contribution in [1.29, 1.82) is 5.26 Å². The Morgan fingerprint density at radius 3 is 2.47 bits per heavy atom. The van der Waals surface area contributed by atoms with Gasteiger partial charge in [-0.15, -0.1) is 0 Å². The van der Waals surface area contributed by atoms with Gasteiger partial charge in [0.05, 0.1) is 18.5 Å². The van der Waals surface area contributed by atoms with Crippen molar-refractivity contribution >= 4 is 6.09 Å². The number of hydrogen-bond donors (Lipinski definition) is 0. The molecule has 0 radical (unpaired) electrons. The van der Waals surface area contributed by atoms with E-state index in [1.54, 1.807) is 20.8 Å². The van der Waals surface area contributed by atoms with Crippen LogP contribution in [0.1, 0.15) is 27.2 Å². The van der Waals surface area contributed by atoms with Gasteiger partial charge >= 0.3 is 6.09 Å². The Balaban J connectivity index is 4.36. The van der Waals surface area contributed by atoms with Gasteiger partial charge in [-0.2, -0.15) is 5.26 Å². The summed E-state index contributed by atoms with van der Waals surface area (Å²) in [6.45, 7) is 4.44. The molecule has 1 amide bonds. The van der Waals surface area contributed by atoms with Gasteiger partial charge in [-0.05, 0) is 20.8 Å². The summed E-state index contributed by atoms with van der Waals surface area (Å²) in [5, 5.41) is 8.44. The standard InChI is InChI=1S/C10H17FN2O2/c1-10(2,3)15-9(14)13(4)8(7-11)5-6-12/h8H,5,7H2,1-4H3. The molecule has 0 spiro atoms. The van der Waals surface area contributed by atoms with Crippen LogP contribution in [-0.4, -0.2) is 36.4 Å². The molecule has 0 rings (SSSR count). The number of amides is 1. The third-order valence-corrected chi connectivity index (χ3v) is 1.73. The van der Waals surface area contributed by atoms with Gasteiger partial charge in [-0.25, -0.2) is 9.18 Å². The number of nitrogens with zero attached hydrogens (tertiary/aromatic N) is 2. The highest BCUT2D eigenvalue weighted by molar-refractivity contribution is 5.68. The molecule has 0 bridgehead atoms. The summed E-state index contributed by atoms with van der Waals surface area (Å²) in [5.74, 6) is 0. The van der Waals surface area contributed by atoms with Crippen molar-refractivity contribution in [2.24, 2.45) is 0 Å². The zero-order valence-corrected chi connectivity index (χ0v) is 9.58. The second-order valence-electron chi connectivity index (χ2n) is 4.26. The molecular weight excluding hydrogens is 199 g/mol. The lowest BCUT2D eigenvalue weighted by Gasteiger charge is -2.28. The number of nitriles is 1. The van der Waals surface area contributed by atoms with E-state index in [4.69, 9.17) is 10.00 Å². The van der Waals surface area contributed by atoms with Crippen molar-refractivity contribution < 1.29 is 13.9 Å². The number of carbonyl (C=O) groups is 1. The number of hydrogen-bond acceptors (Lipinski definition) is 3. The van der Waals surface area contributed by atoms with E-state index in [1.807, 2.05) is 6.07 Å². The molecule has 0 aromatic heterocycles. The van der Waals surface area contributed by atoms with Gasteiger partial charge in [-0.1, -0.05) is 0 Å². The zero-order chi connectivity index (χ0) is 12.1. The lowest BCUT2D eigenvalue weighted by atomic mass is 10.2. The summed E-state index contributed by atoms with van der Waals surface area (Å²) in [7, 11) is 1.43. The minimum atomic E-state index is -0.747. The average molecular weight is 216 g/mol. The summed E-state index contributed by atoms with van der Waals surface area (Å²) in [4.78, 5) is 12.6. The van der Waals surface area contributed by atoms with Gasteiger partial charge in [0.15, 0.2) is 0 Å². The number of alkyl halides is 1. The Morgan fingerprint density at radius 2 is 2.13 bits per heavy atom. The van der Waals surface area contributed by atoms with E-state index in [9.17, 15) is 9.18 Å². The Kier molecular flexibility index (Phi) is 5.06. The lowest BCUT2D eigenvalue weighted by Crippen LogP contribution is -2.41. The molecular formula is C10H17FN2O2. The molecule has 1 atom stereocenters. The van der Waals surface area contributed by atoms with E-state index in [1.165, 1.54) is 7.05 Å². The van der Waals surface area contributed by atoms with Crippen molar-refractivity contribution in [3.63, 3.8) is 0 Å². The van der Waals surface area contributed by atoms with Gasteiger partial charge in [0.1, 0.15) is 12.3 Å². The summed E-state index contributed by atoms with van der Waals surface area (Å²) >= 11 is 0. The molecule has 0 aliphatic rings. The van der Waals surface area contributed by atoms with Crippen molar-refractivity contribution in [3.05, 3.63) is 0 Å². The average Bonchev–Trinajstić information content (AvgIpc) is 2.10. The zero-order valence-electron chi connectivity index (χ0n) is 9.58. The molecule has 0 fully saturated rings. The van der Waals surface area contributed by atoms with E-state index in [-0.39, 0.29) is 6.42 Å². The SMILES string of the molecule is CN(C(=O)OC(C)(C)C)C(CF)CC#N. The molecule has 0 aromatic carbocycles. The third-order valence-electron chi connectivity index (χ3n) is 1.73. The first-order valence-corrected chi connectivity index (χ1v) is 4.70. The van der Waals surface area contributed by atoms with Crippen LogP contribution in [0.4, 0.5) is 9.18 Å². The Morgan fingerprint density at radius 1 is 1.60 bits per heavy atom. The fourth-order valence-electron chi connectivity index (χ4n) is 0.883. The largest absolute Gasteiger partial charge is 0.444 e. The van der Waals surface area contributed by atoms with Crippen LogP contribution in [0.25, 0.3) is 0 Å². The van der Waals surface area contributed by atoms with Crippen molar-refractivity contribution in [2.45, 2.75) is 38.8 Å². The smallest absolute Gasteiger partial charge is 0.410 e. The molecule has 5 heteroatoms. The first-order chi connectivity index (χ1) is 6.81. The second-order valence-corrected chi connectivity index (χ2v) is 4.26. The van der Waals surface area contributed by atoms with Crippen LogP contribution in [-0.2, 0) is 4.74 Å². The molecule has 0 aliphatic heterocycles. The maximum atomic E-state index is 12.5. The van der Waals surface area contributed by atoms with Crippen LogP contribution in [0, 0.1) is 11.3 Å². The Bertz CT molecular complexity index is 255. The molecule has 4 nitrogen and oxygen atoms in total. The quantitative estimate of drug-likeness (QED) is 0.726. The van der Waals surface area contributed by atoms with Gasteiger partial charge in [0, 0.05) is 7.05 Å². The van der Waals surface area contributed by atoms with E-state index in [2.05, 4.69) is 0 Å². The molecule has 0 aliphatic carbocycles. The van der Waals surface area contributed by atoms with Crippen LogP contribution in [0.5, 0.6) is 0 Å². The van der Waals surface area contributed by atoms with Gasteiger partial charge in [0.2, 0.25) is 0 Å². The molecule has 0 aromatic rings. The van der Waals surface area contributed by atoms with E-state index >= 15 is 0 Å². The molecule has 0 heterocycles. The highest BCUT2D eigenvalue weighted by Gasteiger charge is 2.24. The molecule has 86 valence electrons. The first-order valence-electron chi connectivity index (χ1n) is 4.70. The molecule has 1 unspecified atom stereocenters. The Hall–Kier alpha value is -1.31. The monoisotopic (exact) mass is 216 g/mol. The third kappa shape index (κ3) is 5.21. The van der Waals surface area contributed by atoms with Crippen LogP contribution in [0.15, 0.2) is 0 Å². The number of ether oxygens (including phenoxy) is 1. The minimum Gasteiger partial charge on any atom is -0.444 e. The number of halogens is 1. The van der Waals surface area contributed by atoms with Crippen LogP contribution in [0.3, 0.4) is 0 Å². The summed E-state index contributed by atoms with van der Waals surface area (Å²) in [5.41, 5.74) is -0.612. The predicted molar refractivity (Wildman–Crippen MR) is 54.0 cm³/mol. The van der Waals surface area contributed by atoms with E-state index in [0.29, 0.717) is 0 Å². The Labute approximate surface area is 89.6 Å². The van der Waals surface area contributed by atoms with Crippen LogP contribution < -0.4 is 0 Å². The number of rotatable bonds is 3. The molecule has 15 heavy (non-hydrogen) atoms. The lowest BCUT2D eigenvalue weighted by molar-refractivity contribution is 0.0203. The summed E-state index contributed by atoms with van der Waals surface area (Å²) < 4.78 is 17.5. The van der Waals surface area contributed by atoms with E-state index in [0.717, 1.165) is 4.90 Å². The maximum Gasteiger partial charge on any atom is 0.410 e. The van der Waals surface area contributed by atoms with Crippen molar-refractivity contribution in [1.82, 2.24) is 4.90 Å². The molecule has 0 saturated carbocycles. The minimum absolute atomic E-state index is 0.0355. The maximum absolute atomic E-state index is 12.5. The summed E-state index contributed by atoms with van der Waals surface area (Å²) in [6.07, 6.45) is -0.646. The summed E-state index contributed by atoms with van der Waals surface area (Å²) in [6, 6.07) is 1.10. The molecule has 0 N–H and O–H groups in total. The van der Waals surface area contributed by atoms with Crippen LogP contribution in [0.2, 0.25) is 0 Å². The van der Waals surface area contributed by atoms with Gasteiger partial charge in [-0.3, -0.25) is 0 Å². The van der Waals surface area contributed by atoms with Crippen molar-refractivity contribution in [2.75, 3.05) is 13.7 Å². The topological polar surface area (TPSA) is 53.3 Å².